The van der Waals surface area contributed by atoms with Crippen LogP contribution in [0.15, 0.2) is 44.6 Å². The quantitative estimate of drug-likeness (QED) is 0.791. The zero-order valence-corrected chi connectivity index (χ0v) is 12.8. The Morgan fingerprint density at radius 1 is 1.21 bits per heavy atom. The SMILES string of the molecule is CC(C)(C)N=C1N=[S@](=O)(c2ccccc2)OC1(C)C. The molecule has 0 N–H and O–H groups in total. The zero-order valence-electron chi connectivity index (χ0n) is 12.0. The fourth-order valence-electron chi connectivity index (χ4n) is 1.73. The van der Waals surface area contributed by atoms with E-state index < -0.39 is 15.6 Å². The molecule has 0 unspecified atom stereocenters. The van der Waals surface area contributed by atoms with Crippen molar-refractivity contribution in [1.29, 1.82) is 0 Å². The molecule has 5 heteroatoms. The monoisotopic (exact) mass is 280 g/mol. The molecule has 0 fully saturated rings. The van der Waals surface area contributed by atoms with Crippen molar-refractivity contribution in [2.75, 3.05) is 0 Å². The summed E-state index contributed by atoms with van der Waals surface area (Å²) in [6.45, 7) is 9.63. The fourth-order valence-corrected chi connectivity index (χ4v) is 3.60. The molecule has 1 aliphatic rings. The number of amidine groups is 1. The van der Waals surface area contributed by atoms with Gasteiger partial charge in [-0.3, -0.25) is 9.18 Å². The molecule has 1 atom stereocenters. The molecule has 0 bridgehead atoms. The van der Waals surface area contributed by atoms with E-state index in [4.69, 9.17) is 4.18 Å². The van der Waals surface area contributed by atoms with E-state index in [0.717, 1.165) is 0 Å². The second-order valence-electron chi connectivity index (χ2n) is 6.08. The Hall–Kier alpha value is -1.20. The fraction of sp³-hybridized carbons (Fsp3) is 0.500. The molecule has 0 spiro atoms. The molecule has 2 rings (SSSR count). The van der Waals surface area contributed by atoms with Gasteiger partial charge in [-0.2, -0.15) is 4.36 Å². The number of hydrogen-bond donors (Lipinski definition) is 0. The summed E-state index contributed by atoms with van der Waals surface area (Å²) in [5.74, 6) is 0.508. The van der Waals surface area contributed by atoms with Crippen molar-refractivity contribution < 1.29 is 8.39 Å². The van der Waals surface area contributed by atoms with Crippen LogP contribution in [-0.4, -0.2) is 21.2 Å². The van der Waals surface area contributed by atoms with E-state index in [1.807, 2.05) is 52.8 Å². The Labute approximate surface area is 115 Å². The third-order valence-corrected chi connectivity index (χ3v) is 4.47. The van der Waals surface area contributed by atoms with Crippen LogP contribution in [0.1, 0.15) is 34.6 Å². The topological polar surface area (TPSA) is 51.0 Å². The Kier molecular flexibility index (Phi) is 3.31. The van der Waals surface area contributed by atoms with Crippen LogP contribution in [0.5, 0.6) is 0 Å². The second-order valence-corrected chi connectivity index (χ2v) is 7.85. The summed E-state index contributed by atoms with van der Waals surface area (Å²) in [6.07, 6.45) is 0. The minimum Gasteiger partial charge on any atom is -0.267 e. The third-order valence-electron chi connectivity index (χ3n) is 2.55. The number of hydrogen-bond acceptors (Lipinski definition) is 3. The maximum atomic E-state index is 12.8. The van der Waals surface area contributed by atoms with E-state index in [2.05, 4.69) is 9.36 Å². The first-order valence-corrected chi connectivity index (χ1v) is 7.70. The lowest BCUT2D eigenvalue weighted by molar-refractivity contribution is 0.210. The molecule has 0 aromatic heterocycles. The Morgan fingerprint density at radius 2 is 1.79 bits per heavy atom. The predicted molar refractivity (Wildman–Crippen MR) is 77.6 cm³/mol. The Balaban J connectivity index is 2.55. The average molecular weight is 280 g/mol. The molecule has 1 aromatic rings. The first kappa shape index (κ1) is 14.2. The van der Waals surface area contributed by atoms with Crippen LogP contribution in [0.4, 0.5) is 0 Å². The zero-order chi connectivity index (χ0) is 14.3. The Bertz CT molecular complexity index is 619. The molecule has 104 valence electrons. The molecule has 1 aliphatic heterocycles. The summed E-state index contributed by atoms with van der Waals surface area (Å²) in [5.41, 5.74) is -1.01. The standard InChI is InChI=1S/C14H20N2O2S/c1-13(2,3)15-12-14(4,5)18-19(17,16-12)11-9-7-6-8-10-11/h6-10H,1-5H3/t19-/m0/s1. The molecule has 4 nitrogen and oxygen atoms in total. The van der Waals surface area contributed by atoms with Crippen LogP contribution in [-0.2, 0) is 14.2 Å². The summed E-state index contributed by atoms with van der Waals surface area (Å²) in [5, 5.41) is 0. The van der Waals surface area contributed by atoms with Gasteiger partial charge in [-0.25, -0.2) is 4.21 Å². The van der Waals surface area contributed by atoms with Crippen LogP contribution in [0.2, 0.25) is 0 Å². The van der Waals surface area contributed by atoms with Crippen molar-refractivity contribution in [2.24, 2.45) is 9.36 Å². The molecule has 1 heterocycles. The highest BCUT2D eigenvalue weighted by Crippen LogP contribution is 2.32. The van der Waals surface area contributed by atoms with Crippen molar-refractivity contribution in [2.45, 2.75) is 50.7 Å². The lowest BCUT2D eigenvalue weighted by Gasteiger charge is -2.20. The summed E-state index contributed by atoms with van der Waals surface area (Å²) < 4.78 is 22.8. The molecule has 0 saturated carbocycles. The van der Waals surface area contributed by atoms with E-state index in [-0.39, 0.29) is 5.54 Å². The van der Waals surface area contributed by atoms with Crippen LogP contribution in [0.3, 0.4) is 0 Å². The van der Waals surface area contributed by atoms with Crippen LogP contribution < -0.4 is 0 Å². The maximum Gasteiger partial charge on any atom is 0.200 e. The first-order valence-electron chi connectivity index (χ1n) is 6.26. The molecule has 19 heavy (non-hydrogen) atoms. The number of benzene rings is 1. The lowest BCUT2D eigenvalue weighted by Crippen LogP contribution is -2.31. The van der Waals surface area contributed by atoms with Crippen molar-refractivity contribution in [3.63, 3.8) is 0 Å². The molecule has 1 aromatic carbocycles. The molecule has 0 amide bonds. The van der Waals surface area contributed by atoms with Gasteiger partial charge < -0.3 is 0 Å². The molecule has 0 radical (unpaired) electrons. The number of aliphatic imine (C=N–C) groups is 1. The molecule has 0 aliphatic carbocycles. The van der Waals surface area contributed by atoms with Crippen LogP contribution >= 0.6 is 0 Å². The lowest BCUT2D eigenvalue weighted by atomic mass is 10.1. The van der Waals surface area contributed by atoms with E-state index >= 15 is 0 Å². The van der Waals surface area contributed by atoms with Crippen LogP contribution in [0.25, 0.3) is 0 Å². The molecular formula is C14H20N2O2S. The van der Waals surface area contributed by atoms with Gasteiger partial charge in [0.25, 0.3) is 0 Å². The van der Waals surface area contributed by atoms with Crippen LogP contribution in [0, 0.1) is 0 Å². The largest absolute Gasteiger partial charge is 0.267 e. The van der Waals surface area contributed by atoms with Crippen molar-refractivity contribution in [3.05, 3.63) is 30.3 Å². The summed E-state index contributed by atoms with van der Waals surface area (Å²) in [7, 11) is -2.87. The average Bonchev–Trinajstić information content (AvgIpc) is 2.49. The van der Waals surface area contributed by atoms with E-state index in [1.54, 1.807) is 12.1 Å². The first-order chi connectivity index (χ1) is 8.62. The summed E-state index contributed by atoms with van der Waals surface area (Å²) in [4.78, 5) is 5.11. The van der Waals surface area contributed by atoms with Gasteiger partial charge in [0, 0.05) is 0 Å². The van der Waals surface area contributed by atoms with Gasteiger partial charge in [0.05, 0.1) is 10.4 Å². The van der Waals surface area contributed by atoms with Gasteiger partial charge in [0.15, 0.2) is 5.84 Å². The van der Waals surface area contributed by atoms with E-state index in [0.29, 0.717) is 10.7 Å². The van der Waals surface area contributed by atoms with Gasteiger partial charge in [-0.1, -0.05) is 18.2 Å². The Morgan fingerprint density at radius 3 is 2.32 bits per heavy atom. The maximum absolute atomic E-state index is 12.8. The van der Waals surface area contributed by atoms with Gasteiger partial charge in [-0.15, -0.1) is 0 Å². The van der Waals surface area contributed by atoms with Gasteiger partial charge >= 0.3 is 0 Å². The minimum atomic E-state index is -2.87. The minimum absolute atomic E-state index is 0.277. The normalized spacial score (nSPS) is 28.4. The molecule has 0 saturated heterocycles. The summed E-state index contributed by atoms with van der Waals surface area (Å²) in [6, 6.07) is 9.06. The highest BCUT2D eigenvalue weighted by Gasteiger charge is 2.40. The van der Waals surface area contributed by atoms with E-state index in [1.165, 1.54) is 0 Å². The third kappa shape index (κ3) is 3.04. The van der Waals surface area contributed by atoms with E-state index in [9.17, 15) is 4.21 Å². The number of rotatable bonds is 1. The second kappa shape index (κ2) is 4.42. The van der Waals surface area contributed by atoms with Gasteiger partial charge in [0.2, 0.25) is 10.0 Å². The van der Waals surface area contributed by atoms with Crippen molar-refractivity contribution >= 4 is 15.8 Å². The smallest absolute Gasteiger partial charge is 0.200 e. The highest BCUT2D eigenvalue weighted by atomic mass is 32.2. The van der Waals surface area contributed by atoms with Crippen molar-refractivity contribution in [1.82, 2.24) is 0 Å². The highest BCUT2D eigenvalue weighted by molar-refractivity contribution is 7.89. The molecular weight excluding hydrogens is 260 g/mol. The van der Waals surface area contributed by atoms with Crippen molar-refractivity contribution in [3.8, 4) is 0 Å². The number of nitrogens with zero attached hydrogens (tertiary/aromatic N) is 2. The van der Waals surface area contributed by atoms with Gasteiger partial charge in [0.1, 0.15) is 5.60 Å². The van der Waals surface area contributed by atoms with Gasteiger partial charge in [-0.05, 0) is 46.8 Å². The summed E-state index contributed by atoms with van der Waals surface area (Å²) >= 11 is 0. The predicted octanol–water partition coefficient (Wildman–Crippen LogP) is 3.43.